The van der Waals surface area contributed by atoms with Crippen LogP contribution in [-0.4, -0.2) is 29.2 Å². The Hall–Kier alpha value is -0.450. The van der Waals surface area contributed by atoms with E-state index in [2.05, 4.69) is 11.6 Å². The van der Waals surface area contributed by atoms with Gasteiger partial charge in [0.1, 0.15) is 11.9 Å². The first-order valence-electron chi connectivity index (χ1n) is 6.27. The Balaban J connectivity index is 1.74. The molecule has 0 amide bonds. The van der Waals surface area contributed by atoms with Crippen molar-refractivity contribution in [2.24, 2.45) is 0 Å². The molecule has 3 atom stereocenters. The first kappa shape index (κ1) is 13.0. The van der Waals surface area contributed by atoms with Gasteiger partial charge in [0.2, 0.25) is 0 Å². The van der Waals surface area contributed by atoms with Gasteiger partial charge in [0.15, 0.2) is 0 Å². The second kappa shape index (κ2) is 6.47. The summed E-state index contributed by atoms with van der Waals surface area (Å²) in [4.78, 5) is 0. The van der Waals surface area contributed by atoms with E-state index in [1.54, 1.807) is 6.26 Å². The van der Waals surface area contributed by atoms with E-state index in [-0.39, 0.29) is 0 Å². The molecule has 0 saturated heterocycles. The minimum Gasteiger partial charge on any atom is -0.467 e. The molecule has 0 radical (unpaired) electrons. The van der Waals surface area contributed by atoms with Crippen molar-refractivity contribution < 1.29 is 9.52 Å². The molecule has 1 aromatic rings. The first-order chi connectivity index (χ1) is 8.29. The molecule has 3 unspecified atom stereocenters. The molecule has 96 valence electrons. The second-order valence-corrected chi connectivity index (χ2v) is 5.80. The molecule has 0 spiro atoms. The average Bonchev–Trinajstić information content (AvgIpc) is 2.90. The van der Waals surface area contributed by atoms with Crippen LogP contribution in [0.1, 0.15) is 37.5 Å². The molecule has 17 heavy (non-hydrogen) atoms. The molecule has 2 N–H and O–H groups in total. The minimum absolute atomic E-state index is 0.528. The van der Waals surface area contributed by atoms with E-state index < -0.39 is 6.10 Å². The van der Waals surface area contributed by atoms with E-state index in [1.807, 2.05) is 23.9 Å². The predicted molar refractivity (Wildman–Crippen MR) is 71.2 cm³/mol. The van der Waals surface area contributed by atoms with Crippen LogP contribution in [0.3, 0.4) is 0 Å². The standard InChI is InChI=1S/C13H21NO2S/c1-17-11-5-2-4-10(8-11)14-9-12(15)13-6-3-7-16-13/h3,6-7,10-12,14-15H,2,4-5,8-9H2,1H3. The number of thioether (sulfide) groups is 1. The third-order valence-electron chi connectivity index (χ3n) is 3.43. The molecule has 3 nitrogen and oxygen atoms in total. The van der Waals surface area contributed by atoms with Crippen LogP contribution in [0.15, 0.2) is 22.8 Å². The van der Waals surface area contributed by atoms with E-state index in [4.69, 9.17) is 4.42 Å². The summed E-state index contributed by atoms with van der Waals surface area (Å²) in [6, 6.07) is 4.17. The highest BCUT2D eigenvalue weighted by atomic mass is 32.2. The van der Waals surface area contributed by atoms with Crippen molar-refractivity contribution in [2.45, 2.75) is 43.1 Å². The van der Waals surface area contributed by atoms with Gasteiger partial charge in [-0.05, 0) is 37.7 Å². The highest BCUT2D eigenvalue weighted by Crippen LogP contribution is 2.27. The van der Waals surface area contributed by atoms with Crippen molar-refractivity contribution >= 4 is 11.8 Å². The van der Waals surface area contributed by atoms with Crippen molar-refractivity contribution in [3.8, 4) is 0 Å². The van der Waals surface area contributed by atoms with Gasteiger partial charge in [-0.25, -0.2) is 0 Å². The normalized spacial score (nSPS) is 26.9. The van der Waals surface area contributed by atoms with Crippen LogP contribution in [0.5, 0.6) is 0 Å². The molecule has 1 fully saturated rings. The molecule has 1 saturated carbocycles. The molecule has 4 heteroatoms. The fourth-order valence-corrected chi connectivity index (χ4v) is 3.23. The highest BCUT2D eigenvalue weighted by Gasteiger charge is 2.22. The Kier molecular flexibility index (Phi) is 4.95. The smallest absolute Gasteiger partial charge is 0.133 e. The van der Waals surface area contributed by atoms with Crippen LogP contribution in [0.2, 0.25) is 0 Å². The molecule has 0 aromatic carbocycles. The molecule has 2 rings (SSSR count). The van der Waals surface area contributed by atoms with Crippen molar-refractivity contribution in [3.05, 3.63) is 24.2 Å². The summed E-state index contributed by atoms with van der Waals surface area (Å²) >= 11 is 1.96. The van der Waals surface area contributed by atoms with Crippen LogP contribution < -0.4 is 5.32 Å². The zero-order valence-corrected chi connectivity index (χ0v) is 11.1. The summed E-state index contributed by atoms with van der Waals surface area (Å²) in [7, 11) is 0. The number of furan rings is 1. The van der Waals surface area contributed by atoms with Crippen molar-refractivity contribution in [1.82, 2.24) is 5.32 Å². The maximum Gasteiger partial charge on any atom is 0.133 e. The minimum atomic E-state index is -0.528. The highest BCUT2D eigenvalue weighted by molar-refractivity contribution is 7.99. The topological polar surface area (TPSA) is 45.4 Å². The zero-order chi connectivity index (χ0) is 12.1. The number of aliphatic hydroxyl groups excluding tert-OH is 1. The number of hydrogen-bond donors (Lipinski definition) is 2. The number of hydrogen-bond acceptors (Lipinski definition) is 4. The fourth-order valence-electron chi connectivity index (χ4n) is 2.40. The first-order valence-corrected chi connectivity index (χ1v) is 7.56. The summed E-state index contributed by atoms with van der Waals surface area (Å²) in [6.07, 6.45) is 8.32. The fraction of sp³-hybridized carbons (Fsp3) is 0.692. The molecule has 1 heterocycles. The van der Waals surface area contributed by atoms with Crippen LogP contribution >= 0.6 is 11.8 Å². The molecule has 0 bridgehead atoms. The van der Waals surface area contributed by atoms with E-state index in [0.717, 1.165) is 5.25 Å². The quantitative estimate of drug-likeness (QED) is 0.849. The number of aliphatic hydroxyl groups is 1. The Morgan fingerprint density at radius 3 is 3.18 bits per heavy atom. The maximum absolute atomic E-state index is 9.90. The Bertz CT molecular complexity index is 315. The summed E-state index contributed by atoms with van der Waals surface area (Å²) in [6.45, 7) is 0.583. The van der Waals surface area contributed by atoms with Crippen molar-refractivity contribution in [1.29, 1.82) is 0 Å². The zero-order valence-electron chi connectivity index (χ0n) is 10.3. The largest absolute Gasteiger partial charge is 0.467 e. The lowest BCUT2D eigenvalue weighted by Gasteiger charge is -2.29. The lowest BCUT2D eigenvalue weighted by molar-refractivity contribution is 0.140. The molecule has 1 aromatic heterocycles. The summed E-state index contributed by atoms with van der Waals surface area (Å²) in [5, 5.41) is 14.1. The van der Waals surface area contributed by atoms with Gasteiger partial charge >= 0.3 is 0 Å². The van der Waals surface area contributed by atoms with Gasteiger partial charge in [0, 0.05) is 17.8 Å². The van der Waals surface area contributed by atoms with Gasteiger partial charge in [-0.15, -0.1) is 0 Å². The van der Waals surface area contributed by atoms with E-state index >= 15 is 0 Å². The summed E-state index contributed by atoms with van der Waals surface area (Å²) in [5.74, 6) is 0.648. The summed E-state index contributed by atoms with van der Waals surface area (Å²) in [5.41, 5.74) is 0. The molecule has 1 aliphatic rings. The van der Waals surface area contributed by atoms with Gasteiger partial charge < -0.3 is 14.8 Å². The van der Waals surface area contributed by atoms with Crippen molar-refractivity contribution in [3.63, 3.8) is 0 Å². The predicted octanol–water partition coefficient (Wildman–Crippen LogP) is 2.58. The van der Waals surface area contributed by atoms with E-state index in [9.17, 15) is 5.11 Å². The Morgan fingerprint density at radius 2 is 2.47 bits per heavy atom. The monoisotopic (exact) mass is 255 g/mol. The van der Waals surface area contributed by atoms with Gasteiger partial charge in [-0.2, -0.15) is 11.8 Å². The van der Waals surface area contributed by atoms with Gasteiger partial charge in [-0.1, -0.05) is 6.42 Å². The lowest BCUT2D eigenvalue weighted by atomic mass is 9.95. The third kappa shape index (κ3) is 3.76. The van der Waals surface area contributed by atoms with Crippen LogP contribution in [0.4, 0.5) is 0 Å². The molecule has 0 aliphatic heterocycles. The SMILES string of the molecule is CSC1CCCC(NCC(O)c2ccco2)C1. The van der Waals surface area contributed by atoms with Crippen LogP contribution in [-0.2, 0) is 0 Å². The molecule has 1 aliphatic carbocycles. The Labute approximate surface area is 107 Å². The Morgan fingerprint density at radius 1 is 1.59 bits per heavy atom. The van der Waals surface area contributed by atoms with Crippen LogP contribution in [0, 0.1) is 0 Å². The van der Waals surface area contributed by atoms with Gasteiger partial charge in [0.25, 0.3) is 0 Å². The average molecular weight is 255 g/mol. The molecular formula is C13H21NO2S. The van der Waals surface area contributed by atoms with Crippen LogP contribution in [0.25, 0.3) is 0 Å². The lowest BCUT2D eigenvalue weighted by Crippen LogP contribution is -2.37. The van der Waals surface area contributed by atoms with E-state index in [0.29, 0.717) is 18.3 Å². The number of nitrogens with one attached hydrogen (secondary N) is 1. The van der Waals surface area contributed by atoms with Crippen molar-refractivity contribution in [2.75, 3.05) is 12.8 Å². The van der Waals surface area contributed by atoms with Gasteiger partial charge in [-0.3, -0.25) is 0 Å². The van der Waals surface area contributed by atoms with Gasteiger partial charge in [0.05, 0.1) is 6.26 Å². The maximum atomic E-state index is 9.90. The van der Waals surface area contributed by atoms with E-state index in [1.165, 1.54) is 25.7 Å². The number of rotatable bonds is 5. The second-order valence-electron chi connectivity index (χ2n) is 4.66. The molecular weight excluding hydrogens is 234 g/mol. The third-order valence-corrected chi connectivity index (χ3v) is 4.53. The summed E-state index contributed by atoms with van der Waals surface area (Å²) < 4.78 is 5.18.